The number of hydrogen-bond donors (Lipinski definition) is 0. The maximum Gasteiger partial charge on any atom is 0.349 e. The van der Waals surface area contributed by atoms with Crippen molar-refractivity contribution in [3.05, 3.63) is 29.3 Å². The van der Waals surface area contributed by atoms with Gasteiger partial charge in [-0.25, -0.2) is 4.79 Å². The molecule has 23 heavy (non-hydrogen) atoms. The number of hydrogen-bond acceptors (Lipinski definition) is 4. The molecule has 0 aliphatic heterocycles. The van der Waals surface area contributed by atoms with Crippen LogP contribution in [0.15, 0.2) is 24.3 Å². The molecule has 0 saturated heterocycles. The molecule has 0 fully saturated rings. The SMILES string of the molecule is CCOC(=O)C(C)(C)Oc1ccc(Cl)cc1.C[N+](C)(C)CC[O-]. The van der Waals surface area contributed by atoms with Crippen LogP contribution < -0.4 is 9.84 Å². The molecule has 0 saturated carbocycles. The third kappa shape index (κ3) is 10.2. The van der Waals surface area contributed by atoms with Crippen LogP contribution in [-0.2, 0) is 9.53 Å². The fourth-order valence-corrected chi connectivity index (χ4v) is 1.54. The molecule has 132 valence electrons. The van der Waals surface area contributed by atoms with Crippen molar-refractivity contribution in [1.29, 1.82) is 0 Å². The molecule has 0 spiro atoms. The summed E-state index contributed by atoms with van der Waals surface area (Å²) in [7, 11) is 6.04. The molecule has 6 heteroatoms. The Morgan fingerprint density at radius 3 is 2.09 bits per heavy atom. The van der Waals surface area contributed by atoms with Crippen LogP contribution in [0.5, 0.6) is 5.75 Å². The molecular weight excluding hydrogens is 318 g/mol. The highest BCUT2D eigenvalue weighted by Crippen LogP contribution is 2.21. The van der Waals surface area contributed by atoms with Crippen LogP contribution in [0.2, 0.25) is 5.02 Å². The Morgan fingerprint density at radius 1 is 1.22 bits per heavy atom. The summed E-state index contributed by atoms with van der Waals surface area (Å²) in [6, 6.07) is 6.84. The Balaban J connectivity index is 0.000000585. The molecule has 0 heterocycles. The maximum absolute atomic E-state index is 11.6. The molecule has 0 N–H and O–H groups in total. The fraction of sp³-hybridized carbons (Fsp3) is 0.588. The number of nitrogens with zero attached hydrogens (tertiary/aromatic N) is 1. The van der Waals surface area contributed by atoms with Crippen molar-refractivity contribution < 1.29 is 23.9 Å². The van der Waals surface area contributed by atoms with Crippen molar-refractivity contribution in [2.45, 2.75) is 26.4 Å². The molecule has 0 aromatic heterocycles. The van der Waals surface area contributed by atoms with Crippen LogP contribution in [0.3, 0.4) is 0 Å². The van der Waals surface area contributed by atoms with Gasteiger partial charge in [-0.05, 0) is 45.0 Å². The minimum atomic E-state index is -0.996. The van der Waals surface area contributed by atoms with Gasteiger partial charge in [0.1, 0.15) is 5.75 Å². The minimum absolute atomic E-state index is 0.0312. The Hall–Kier alpha value is -1.30. The summed E-state index contributed by atoms with van der Waals surface area (Å²) in [6.45, 7) is 6.19. The molecule has 0 atom stereocenters. The number of benzene rings is 1. The predicted octanol–water partition coefficient (Wildman–Crippen LogP) is 2.11. The number of halogens is 1. The van der Waals surface area contributed by atoms with E-state index >= 15 is 0 Å². The smallest absolute Gasteiger partial charge is 0.349 e. The van der Waals surface area contributed by atoms with Crippen molar-refractivity contribution in [2.75, 3.05) is 40.9 Å². The molecule has 1 rings (SSSR count). The van der Waals surface area contributed by atoms with Crippen LogP contribution in [0.1, 0.15) is 20.8 Å². The third-order valence-electron chi connectivity index (χ3n) is 2.72. The Bertz CT molecular complexity index is 466. The lowest BCUT2D eigenvalue weighted by molar-refractivity contribution is -0.875. The highest BCUT2D eigenvalue weighted by Gasteiger charge is 2.31. The third-order valence-corrected chi connectivity index (χ3v) is 2.97. The first-order valence-electron chi connectivity index (χ1n) is 7.52. The van der Waals surface area contributed by atoms with Crippen molar-refractivity contribution >= 4 is 17.6 Å². The summed E-state index contributed by atoms with van der Waals surface area (Å²) in [5.41, 5.74) is -0.996. The van der Waals surface area contributed by atoms with Crippen LogP contribution in [0, 0.1) is 0 Å². The fourth-order valence-electron chi connectivity index (χ4n) is 1.42. The lowest BCUT2D eigenvalue weighted by Gasteiger charge is -2.25. The maximum atomic E-state index is 11.6. The second-order valence-corrected chi connectivity index (χ2v) is 6.94. The number of likely N-dealkylation sites (N-methyl/N-ethyl adjacent to an activating group) is 1. The molecule has 1 aromatic rings. The molecule has 0 radical (unpaired) electrons. The summed E-state index contributed by atoms with van der Waals surface area (Å²) >= 11 is 5.75. The zero-order chi connectivity index (χ0) is 18.1. The molecule has 0 unspecified atom stereocenters. The number of rotatable bonds is 6. The van der Waals surface area contributed by atoms with Gasteiger partial charge in [0.15, 0.2) is 5.60 Å². The zero-order valence-corrected chi connectivity index (χ0v) is 15.6. The Kier molecular flexibility index (Phi) is 9.20. The number of carbonyl (C=O) groups is 1. The zero-order valence-electron chi connectivity index (χ0n) is 14.9. The van der Waals surface area contributed by atoms with Gasteiger partial charge in [-0.2, -0.15) is 0 Å². The van der Waals surface area contributed by atoms with E-state index in [2.05, 4.69) is 0 Å². The first kappa shape index (κ1) is 21.7. The Morgan fingerprint density at radius 2 is 1.74 bits per heavy atom. The largest absolute Gasteiger partial charge is 0.850 e. The van der Waals surface area contributed by atoms with E-state index in [0.717, 1.165) is 11.0 Å². The van der Waals surface area contributed by atoms with E-state index in [0.29, 0.717) is 17.4 Å². The van der Waals surface area contributed by atoms with Gasteiger partial charge in [-0.1, -0.05) is 18.2 Å². The van der Waals surface area contributed by atoms with Gasteiger partial charge in [0.2, 0.25) is 0 Å². The van der Waals surface area contributed by atoms with Crippen molar-refractivity contribution in [3.8, 4) is 5.75 Å². The summed E-state index contributed by atoms with van der Waals surface area (Å²) in [4.78, 5) is 11.6. The summed E-state index contributed by atoms with van der Waals surface area (Å²) in [5, 5.41) is 10.6. The van der Waals surface area contributed by atoms with Crippen molar-refractivity contribution in [2.24, 2.45) is 0 Å². The van der Waals surface area contributed by atoms with E-state index in [1.807, 2.05) is 21.1 Å². The van der Waals surface area contributed by atoms with Crippen molar-refractivity contribution in [1.82, 2.24) is 0 Å². The van der Waals surface area contributed by atoms with Gasteiger partial charge in [0.05, 0.1) is 34.3 Å². The summed E-state index contributed by atoms with van der Waals surface area (Å²) in [5.74, 6) is 0.201. The van der Waals surface area contributed by atoms with Gasteiger partial charge in [-0.15, -0.1) is 0 Å². The van der Waals surface area contributed by atoms with Gasteiger partial charge in [0, 0.05) is 5.02 Å². The molecule has 0 aliphatic rings. The summed E-state index contributed by atoms with van der Waals surface area (Å²) < 4.78 is 11.2. The van der Waals surface area contributed by atoms with Gasteiger partial charge < -0.3 is 19.1 Å². The highest BCUT2D eigenvalue weighted by molar-refractivity contribution is 6.30. The average molecular weight is 346 g/mol. The van der Waals surface area contributed by atoms with E-state index in [1.54, 1.807) is 45.0 Å². The van der Waals surface area contributed by atoms with Crippen LogP contribution >= 0.6 is 11.6 Å². The molecule has 0 bridgehead atoms. The van der Waals surface area contributed by atoms with Crippen LogP contribution in [0.25, 0.3) is 0 Å². The number of carbonyl (C=O) groups excluding carboxylic acids is 1. The van der Waals surface area contributed by atoms with Crippen molar-refractivity contribution in [3.63, 3.8) is 0 Å². The lowest BCUT2D eigenvalue weighted by atomic mass is 10.1. The van der Waals surface area contributed by atoms with E-state index in [9.17, 15) is 9.90 Å². The highest BCUT2D eigenvalue weighted by atomic mass is 35.5. The first-order chi connectivity index (χ1) is 10.5. The molecule has 1 aromatic carbocycles. The monoisotopic (exact) mass is 345 g/mol. The van der Waals surface area contributed by atoms with Gasteiger partial charge >= 0.3 is 5.97 Å². The second kappa shape index (κ2) is 9.75. The van der Waals surface area contributed by atoms with E-state index in [4.69, 9.17) is 21.1 Å². The number of quaternary nitrogens is 1. The number of ether oxygens (including phenoxy) is 2. The second-order valence-electron chi connectivity index (χ2n) is 6.50. The molecule has 0 aliphatic carbocycles. The molecular formula is C17H28ClNO4. The van der Waals surface area contributed by atoms with Crippen LogP contribution in [-0.4, -0.2) is 57.0 Å². The summed E-state index contributed by atoms with van der Waals surface area (Å²) in [6.07, 6.45) is 0. The van der Waals surface area contributed by atoms with E-state index in [-0.39, 0.29) is 12.6 Å². The lowest BCUT2D eigenvalue weighted by Crippen LogP contribution is -2.39. The normalized spacial score (nSPS) is 11.3. The quantitative estimate of drug-likeness (QED) is 0.585. The van der Waals surface area contributed by atoms with E-state index < -0.39 is 5.60 Å². The van der Waals surface area contributed by atoms with E-state index in [1.165, 1.54) is 0 Å². The molecule has 5 nitrogen and oxygen atoms in total. The Labute approximate surface area is 144 Å². The molecule has 0 amide bonds. The number of esters is 1. The van der Waals surface area contributed by atoms with Gasteiger partial charge in [0.25, 0.3) is 0 Å². The van der Waals surface area contributed by atoms with Gasteiger partial charge in [-0.3, -0.25) is 0 Å². The van der Waals surface area contributed by atoms with Crippen LogP contribution in [0.4, 0.5) is 0 Å². The first-order valence-corrected chi connectivity index (χ1v) is 7.90. The average Bonchev–Trinajstić information content (AvgIpc) is 2.41. The standard InChI is InChI=1S/C12H15ClO3.C5H13NO/c1-4-15-11(14)12(2,3)16-10-7-5-9(13)6-8-10;1-6(2,3)4-5-7/h5-8H,4H2,1-3H3;4-5H2,1-3H3. The minimum Gasteiger partial charge on any atom is -0.850 e. The topological polar surface area (TPSA) is 58.6 Å². The predicted molar refractivity (Wildman–Crippen MR) is 90.6 cm³/mol.